The van der Waals surface area contributed by atoms with Gasteiger partial charge in [-0.1, -0.05) is 12.1 Å². The largest absolute Gasteiger partial charge is 0.497 e. The van der Waals surface area contributed by atoms with E-state index in [0.29, 0.717) is 25.7 Å². The number of fused-ring (bicyclic) bond motifs is 1. The van der Waals surface area contributed by atoms with Crippen LogP contribution in [0.5, 0.6) is 11.5 Å². The lowest BCUT2D eigenvalue weighted by atomic mass is 10.3. The number of para-hydroxylation sites is 2. The number of nitrogens with zero attached hydrogens (tertiary/aromatic N) is 2. The van der Waals surface area contributed by atoms with E-state index in [1.165, 1.54) is 0 Å². The van der Waals surface area contributed by atoms with E-state index in [2.05, 4.69) is 0 Å². The molecule has 0 aliphatic rings. The first kappa shape index (κ1) is 18.6. The average Bonchev–Trinajstić information content (AvgIpc) is 2.94. The van der Waals surface area contributed by atoms with Gasteiger partial charge in [-0.2, -0.15) is 0 Å². The molecule has 2 aromatic carbocycles. The predicted octanol–water partition coefficient (Wildman–Crippen LogP) is 2.16. The third-order valence-corrected chi connectivity index (χ3v) is 4.25. The van der Waals surface area contributed by atoms with E-state index in [9.17, 15) is 4.79 Å². The van der Waals surface area contributed by atoms with Gasteiger partial charge in [0, 0.05) is 0 Å². The normalized spacial score (nSPS) is 10.7. The molecule has 0 saturated carbocycles. The number of aromatic nitrogens is 2. The molecule has 0 unspecified atom stereocenters. The van der Waals surface area contributed by atoms with Crippen LogP contribution in [-0.4, -0.2) is 30.9 Å². The van der Waals surface area contributed by atoms with Gasteiger partial charge in [0.05, 0.1) is 13.7 Å². The summed E-state index contributed by atoms with van der Waals surface area (Å²) in [4.78, 5) is 11.9. The Hall–Kier alpha value is -3.22. The number of benzene rings is 2. The van der Waals surface area contributed by atoms with Crippen molar-refractivity contribution in [1.82, 2.24) is 4.57 Å². The third kappa shape index (κ3) is 4.13. The van der Waals surface area contributed by atoms with Crippen LogP contribution < -0.4 is 19.8 Å². The molecule has 3 aromatic rings. The number of hydrogen-bond donors (Lipinski definition) is 1. The number of anilines is 1. The van der Waals surface area contributed by atoms with Gasteiger partial charge in [-0.05, 0) is 43.3 Å². The van der Waals surface area contributed by atoms with Gasteiger partial charge in [0.2, 0.25) is 0 Å². The highest BCUT2D eigenvalue weighted by Crippen LogP contribution is 2.19. The Bertz CT molecular complexity index is 919. The lowest BCUT2D eigenvalue weighted by Gasteiger charge is -2.07. The smallest absolute Gasteiger partial charge is 0.356 e. The molecule has 0 spiro atoms. The molecule has 7 nitrogen and oxygen atoms in total. The molecule has 1 heterocycles. The summed E-state index contributed by atoms with van der Waals surface area (Å²) in [6.45, 7) is 3.19. The van der Waals surface area contributed by atoms with Crippen molar-refractivity contribution in [3.63, 3.8) is 0 Å². The molecule has 27 heavy (non-hydrogen) atoms. The van der Waals surface area contributed by atoms with Crippen molar-refractivity contribution in [2.24, 2.45) is 0 Å². The Kier molecular flexibility index (Phi) is 5.80. The van der Waals surface area contributed by atoms with Gasteiger partial charge in [0.1, 0.15) is 35.7 Å². The second-order valence-electron chi connectivity index (χ2n) is 5.91. The molecule has 0 fully saturated rings. The van der Waals surface area contributed by atoms with Crippen molar-refractivity contribution in [3.8, 4) is 11.5 Å². The third-order valence-electron chi connectivity index (χ3n) is 4.25. The fraction of sp³-hybridized carbons (Fsp3) is 0.300. The molecule has 142 valence electrons. The Morgan fingerprint density at radius 1 is 1.11 bits per heavy atom. The summed E-state index contributed by atoms with van der Waals surface area (Å²) in [6, 6.07) is 15.2. The SMILES string of the molecule is CCOC(=O)C[n+]1c(N)n(CCOc2ccc(OC)cc2)c2ccccc21. The van der Waals surface area contributed by atoms with Gasteiger partial charge < -0.3 is 14.2 Å². The highest BCUT2D eigenvalue weighted by molar-refractivity contribution is 5.75. The fourth-order valence-electron chi connectivity index (χ4n) is 2.98. The van der Waals surface area contributed by atoms with Crippen LogP contribution in [-0.2, 0) is 22.6 Å². The van der Waals surface area contributed by atoms with Crippen molar-refractivity contribution >= 4 is 23.0 Å². The minimum Gasteiger partial charge on any atom is -0.497 e. The molecule has 0 saturated heterocycles. The summed E-state index contributed by atoms with van der Waals surface area (Å²) in [5.41, 5.74) is 8.15. The minimum absolute atomic E-state index is 0.0759. The van der Waals surface area contributed by atoms with Crippen LogP contribution in [0.25, 0.3) is 11.0 Å². The van der Waals surface area contributed by atoms with Crippen molar-refractivity contribution in [2.45, 2.75) is 20.0 Å². The molecule has 0 aliphatic carbocycles. The zero-order valence-corrected chi connectivity index (χ0v) is 15.6. The Labute approximate surface area is 157 Å². The summed E-state index contributed by atoms with van der Waals surface area (Å²) in [7, 11) is 1.63. The van der Waals surface area contributed by atoms with Gasteiger partial charge in [-0.25, -0.2) is 13.9 Å². The van der Waals surface area contributed by atoms with Crippen LogP contribution in [0.1, 0.15) is 6.92 Å². The van der Waals surface area contributed by atoms with Crippen LogP contribution in [0.3, 0.4) is 0 Å². The van der Waals surface area contributed by atoms with Gasteiger partial charge in [0.15, 0.2) is 6.54 Å². The number of ether oxygens (including phenoxy) is 3. The number of rotatable bonds is 8. The number of esters is 1. The second-order valence-corrected chi connectivity index (χ2v) is 5.91. The van der Waals surface area contributed by atoms with E-state index in [1.807, 2.05) is 53.1 Å². The van der Waals surface area contributed by atoms with Crippen LogP contribution in [0.4, 0.5) is 5.95 Å². The first-order chi connectivity index (χ1) is 13.1. The molecule has 0 amide bonds. The molecule has 0 bridgehead atoms. The summed E-state index contributed by atoms with van der Waals surface area (Å²) in [5.74, 6) is 1.71. The zero-order chi connectivity index (χ0) is 19.2. The maximum absolute atomic E-state index is 11.9. The van der Waals surface area contributed by atoms with E-state index in [1.54, 1.807) is 18.6 Å². The number of nitrogens with two attached hydrogens (primary N) is 1. The fourth-order valence-corrected chi connectivity index (χ4v) is 2.98. The average molecular weight is 370 g/mol. The topological polar surface area (TPSA) is 79.6 Å². The van der Waals surface area contributed by atoms with Crippen molar-refractivity contribution in [2.75, 3.05) is 26.1 Å². The number of hydrogen-bond acceptors (Lipinski definition) is 5. The first-order valence-corrected chi connectivity index (χ1v) is 8.83. The van der Waals surface area contributed by atoms with E-state index in [4.69, 9.17) is 19.9 Å². The Morgan fingerprint density at radius 2 is 1.81 bits per heavy atom. The molecule has 3 rings (SSSR count). The van der Waals surface area contributed by atoms with Crippen LogP contribution in [0.15, 0.2) is 48.5 Å². The second kappa shape index (κ2) is 8.44. The van der Waals surface area contributed by atoms with Gasteiger partial charge >= 0.3 is 11.9 Å². The predicted molar refractivity (Wildman–Crippen MR) is 102 cm³/mol. The minimum atomic E-state index is -0.313. The van der Waals surface area contributed by atoms with Crippen LogP contribution in [0, 0.1) is 0 Å². The molecule has 0 aliphatic heterocycles. The number of methoxy groups -OCH3 is 1. The molecule has 1 aromatic heterocycles. The number of carbonyl (C=O) groups excluding carboxylic acids is 1. The van der Waals surface area contributed by atoms with Crippen LogP contribution >= 0.6 is 0 Å². The highest BCUT2D eigenvalue weighted by Gasteiger charge is 2.22. The lowest BCUT2D eigenvalue weighted by molar-refractivity contribution is -0.646. The van der Waals surface area contributed by atoms with E-state index in [-0.39, 0.29) is 12.5 Å². The Morgan fingerprint density at radius 3 is 2.52 bits per heavy atom. The van der Waals surface area contributed by atoms with E-state index >= 15 is 0 Å². The molecular weight excluding hydrogens is 346 g/mol. The van der Waals surface area contributed by atoms with E-state index in [0.717, 1.165) is 22.5 Å². The molecule has 2 N–H and O–H groups in total. The summed E-state index contributed by atoms with van der Waals surface area (Å²) >= 11 is 0. The summed E-state index contributed by atoms with van der Waals surface area (Å²) in [6.07, 6.45) is 0. The number of imidazole rings is 1. The summed E-state index contributed by atoms with van der Waals surface area (Å²) in [5, 5.41) is 0. The van der Waals surface area contributed by atoms with Gasteiger partial charge in [0.25, 0.3) is 0 Å². The first-order valence-electron chi connectivity index (χ1n) is 8.83. The van der Waals surface area contributed by atoms with Crippen molar-refractivity contribution in [3.05, 3.63) is 48.5 Å². The van der Waals surface area contributed by atoms with E-state index < -0.39 is 0 Å². The maximum atomic E-state index is 11.9. The van der Waals surface area contributed by atoms with Gasteiger partial charge in [-0.3, -0.25) is 5.73 Å². The number of carbonyl (C=O) groups is 1. The van der Waals surface area contributed by atoms with Gasteiger partial charge in [-0.15, -0.1) is 0 Å². The molecule has 0 atom stereocenters. The number of nitrogen functional groups attached to an aromatic ring is 1. The lowest BCUT2D eigenvalue weighted by Crippen LogP contribution is -2.41. The Balaban J connectivity index is 1.77. The standard InChI is InChI=1S/C20H23N3O4/c1-3-26-19(24)14-23-18-7-5-4-6-17(18)22(20(23)21)12-13-27-16-10-8-15(25-2)9-11-16/h4-11,21H,3,12-14H2,1-2H3/p+1. The molecular formula is C20H24N3O4+. The zero-order valence-electron chi connectivity index (χ0n) is 15.6. The van der Waals surface area contributed by atoms with Crippen molar-refractivity contribution < 1.29 is 23.6 Å². The molecule has 0 radical (unpaired) electrons. The molecule has 7 heteroatoms. The van der Waals surface area contributed by atoms with Crippen LogP contribution in [0.2, 0.25) is 0 Å². The monoisotopic (exact) mass is 370 g/mol. The maximum Gasteiger partial charge on any atom is 0.356 e. The summed E-state index contributed by atoms with van der Waals surface area (Å²) < 4.78 is 19.7. The quantitative estimate of drug-likeness (QED) is 0.486. The van der Waals surface area contributed by atoms with Crippen molar-refractivity contribution in [1.29, 1.82) is 0 Å². The highest BCUT2D eigenvalue weighted by atomic mass is 16.5.